The first-order chi connectivity index (χ1) is 24.5. The summed E-state index contributed by atoms with van der Waals surface area (Å²) in [6.45, 7) is 13.8. The first-order valence-electron chi connectivity index (χ1n) is 22.6. The van der Waals surface area contributed by atoms with Gasteiger partial charge in [0.2, 0.25) is 5.91 Å². The summed E-state index contributed by atoms with van der Waals surface area (Å²) in [5.41, 5.74) is 0. The second kappa shape index (κ2) is 39.1. The summed E-state index contributed by atoms with van der Waals surface area (Å²) in [5, 5.41) is 0. The molecule has 0 aliphatic carbocycles. The zero-order valence-corrected chi connectivity index (χ0v) is 34.9. The molecule has 0 rings (SSSR count). The Labute approximate surface area is 314 Å². The number of unbranched alkanes of at least 4 members (excludes halogenated alkanes) is 23. The van der Waals surface area contributed by atoms with Gasteiger partial charge >= 0.3 is 5.97 Å². The Morgan fingerprint density at radius 2 is 0.800 bits per heavy atom. The number of amides is 1. The van der Waals surface area contributed by atoms with Crippen LogP contribution in [0, 0.1) is 5.92 Å². The molecule has 0 spiro atoms. The molecule has 0 aliphatic rings. The van der Waals surface area contributed by atoms with Gasteiger partial charge in [-0.1, -0.05) is 175 Å². The highest BCUT2D eigenvalue weighted by atomic mass is 16.5. The maximum atomic E-state index is 13.1. The number of nitrogens with zero attached hydrogens (tertiary/aromatic N) is 2. The molecule has 0 aromatic carbocycles. The summed E-state index contributed by atoms with van der Waals surface area (Å²) >= 11 is 0. The zero-order valence-electron chi connectivity index (χ0n) is 34.9. The summed E-state index contributed by atoms with van der Waals surface area (Å²) in [6, 6.07) is 0. The molecule has 0 fully saturated rings. The predicted octanol–water partition coefficient (Wildman–Crippen LogP) is 13.5. The smallest absolute Gasteiger partial charge is 0.308 e. The normalized spacial score (nSPS) is 12.1. The average molecular weight is 707 g/mol. The fourth-order valence-corrected chi connectivity index (χ4v) is 7.13. The van der Waals surface area contributed by atoms with Crippen LogP contribution in [0.15, 0.2) is 0 Å². The van der Waals surface area contributed by atoms with Crippen molar-refractivity contribution in [1.29, 1.82) is 0 Å². The lowest BCUT2D eigenvalue weighted by molar-refractivity contribution is -0.149. The molecule has 1 unspecified atom stereocenters. The lowest BCUT2D eigenvalue weighted by Gasteiger charge is -2.23. The van der Waals surface area contributed by atoms with E-state index in [9.17, 15) is 9.59 Å². The van der Waals surface area contributed by atoms with Gasteiger partial charge in [0.25, 0.3) is 0 Å². The fraction of sp³-hybridized carbons (Fsp3) is 0.956. The van der Waals surface area contributed by atoms with E-state index >= 15 is 0 Å². The molecule has 5 heteroatoms. The third-order valence-electron chi connectivity index (χ3n) is 10.7. The van der Waals surface area contributed by atoms with Gasteiger partial charge in [-0.25, -0.2) is 0 Å². The third-order valence-corrected chi connectivity index (χ3v) is 10.7. The van der Waals surface area contributed by atoms with E-state index in [-0.39, 0.29) is 11.9 Å². The van der Waals surface area contributed by atoms with Crippen LogP contribution in [0.25, 0.3) is 0 Å². The van der Waals surface area contributed by atoms with E-state index in [1.54, 1.807) is 0 Å². The molecule has 0 aromatic rings. The number of rotatable bonds is 40. The Bertz CT molecular complexity index is 698. The Kier molecular flexibility index (Phi) is 38.3. The molecule has 0 heterocycles. The highest BCUT2D eigenvalue weighted by Gasteiger charge is 2.19. The minimum Gasteiger partial charge on any atom is -0.465 e. The molecule has 1 atom stereocenters. The van der Waals surface area contributed by atoms with Crippen LogP contribution in [0.4, 0.5) is 0 Å². The van der Waals surface area contributed by atoms with Crippen LogP contribution in [-0.2, 0) is 14.3 Å². The van der Waals surface area contributed by atoms with Crippen molar-refractivity contribution in [3.8, 4) is 0 Å². The van der Waals surface area contributed by atoms with E-state index in [1.807, 2.05) is 0 Å². The van der Waals surface area contributed by atoms with Gasteiger partial charge in [0.1, 0.15) is 0 Å². The second-order valence-corrected chi connectivity index (χ2v) is 15.7. The molecule has 0 saturated carbocycles. The largest absolute Gasteiger partial charge is 0.465 e. The minimum absolute atomic E-state index is 0.0693. The van der Waals surface area contributed by atoms with Crippen molar-refractivity contribution >= 4 is 11.9 Å². The van der Waals surface area contributed by atoms with E-state index in [4.69, 9.17) is 4.74 Å². The number of carbonyl (C=O) groups excluding carboxylic acids is 2. The summed E-state index contributed by atoms with van der Waals surface area (Å²) < 4.78 is 5.79. The lowest BCUT2D eigenvalue weighted by Crippen LogP contribution is -2.32. The van der Waals surface area contributed by atoms with Crippen molar-refractivity contribution in [1.82, 2.24) is 9.80 Å². The molecule has 0 aromatic heterocycles. The molecule has 298 valence electrons. The summed E-state index contributed by atoms with van der Waals surface area (Å²) in [5.74, 6) is 0.574. The van der Waals surface area contributed by atoms with Crippen LogP contribution < -0.4 is 0 Å². The van der Waals surface area contributed by atoms with Crippen LogP contribution >= 0.6 is 0 Å². The lowest BCUT2D eigenvalue weighted by atomic mass is 9.94. The second-order valence-electron chi connectivity index (χ2n) is 15.7. The Morgan fingerprint density at radius 1 is 0.440 bits per heavy atom. The average Bonchev–Trinajstić information content (AvgIpc) is 3.11. The molecule has 0 bridgehead atoms. The Hall–Kier alpha value is -1.10. The predicted molar refractivity (Wildman–Crippen MR) is 219 cm³/mol. The highest BCUT2D eigenvalue weighted by molar-refractivity contribution is 5.76. The minimum atomic E-state index is 0.0693. The van der Waals surface area contributed by atoms with Crippen molar-refractivity contribution in [3.05, 3.63) is 0 Å². The van der Waals surface area contributed by atoms with Crippen molar-refractivity contribution in [2.75, 3.05) is 39.8 Å². The van der Waals surface area contributed by atoms with E-state index in [0.29, 0.717) is 12.5 Å². The van der Waals surface area contributed by atoms with Crippen molar-refractivity contribution in [2.45, 2.75) is 233 Å². The number of ether oxygens (including phenoxy) is 1. The first-order valence-corrected chi connectivity index (χ1v) is 22.6. The maximum absolute atomic E-state index is 13.1. The van der Waals surface area contributed by atoms with Gasteiger partial charge in [-0.15, -0.1) is 0 Å². The topological polar surface area (TPSA) is 49.9 Å². The maximum Gasteiger partial charge on any atom is 0.308 e. The van der Waals surface area contributed by atoms with Crippen LogP contribution in [0.1, 0.15) is 233 Å². The van der Waals surface area contributed by atoms with E-state index in [2.05, 4.69) is 44.5 Å². The molecule has 0 N–H and O–H groups in total. The molecule has 0 saturated heterocycles. The van der Waals surface area contributed by atoms with Gasteiger partial charge in [0.05, 0.1) is 12.5 Å². The van der Waals surface area contributed by atoms with Crippen molar-refractivity contribution in [2.24, 2.45) is 5.92 Å². The summed E-state index contributed by atoms with van der Waals surface area (Å²) in [6.07, 6.45) is 38.6. The molecule has 50 heavy (non-hydrogen) atoms. The van der Waals surface area contributed by atoms with Gasteiger partial charge in [-0.3, -0.25) is 9.59 Å². The van der Waals surface area contributed by atoms with Gasteiger partial charge in [-0.2, -0.15) is 0 Å². The number of hydrogen-bond acceptors (Lipinski definition) is 4. The highest BCUT2D eigenvalue weighted by Crippen LogP contribution is 2.21. The van der Waals surface area contributed by atoms with Crippen LogP contribution in [-0.4, -0.2) is 61.5 Å². The van der Waals surface area contributed by atoms with Crippen LogP contribution in [0.2, 0.25) is 0 Å². The molecule has 0 aliphatic heterocycles. The van der Waals surface area contributed by atoms with Crippen LogP contribution in [0.5, 0.6) is 0 Å². The fourth-order valence-electron chi connectivity index (χ4n) is 7.13. The van der Waals surface area contributed by atoms with Gasteiger partial charge in [0, 0.05) is 19.5 Å². The first kappa shape index (κ1) is 48.9. The molecule has 1 amide bonds. The van der Waals surface area contributed by atoms with Crippen LogP contribution in [0.3, 0.4) is 0 Å². The number of hydrogen-bond donors (Lipinski definition) is 0. The third kappa shape index (κ3) is 32.8. The SMILES string of the molecule is CCCCCCCCC(CCCCCC)C(=O)OCCCCCCN(C)CCCCCC(=O)N(CCCCCCCC)CCCCCCCC. The Balaban J connectivity index is 4.13. The van der Waals surface area contributed by atoms with E-state index in [1.165, 1.54) is 154 Å². The van der Waals surface area contributed by atoms with Crippen molar-refractivity contribution < 1.29 is 14.3 Å². The molecular formula is C45H90N2O3. The monoisotopic (exact) mass is 707 g/mol. The van der Waals surface area contributed by atoms with Gasteiger partial charge in [-0.05, 0) is 71.5 Å². The molecular weight excluding hydrogens is 617 g/mol. The summed E-state index contributed by atoms with van der Waals surface area (Å²) in [4.78, 5) is 30.7. The molecule has 5 nitrogen and oxygen atoms in total. The van der Waals surface area contributed by atoms with Gasteiger partial charge in [0.15, 0.2) is 0 Å². The Morgan fingerprint density at radius 3 is 1.28 bits per heavy atom. The van der Waals surface area contributed by atoms with E-state index in [0.717, 1.165) is 77.5 Å². The number of carbonyl (C=O) groups is 2. The summed E-state index contributed by atoms with van der Waals surface area (Å²) in [7, 11) is 2.24. The molecule has 0 radical (unpaired) electrons. The van der Waals surface area contributed by atoms with Gasteiger partial charge < -0.3 is 14.5 Å². The quantitative estimate of drug-likeness (QED) is 0.0470. The zero-order chi connectivity index (χ0) is 36.8. The number of esters is 1. The van der Waals surface area contributed by atoms with E-state index < -0.39 is 0 Å². The standard InChI is InChI=1S/C45H90N2O3/c1-6-10-14-18-21-28-36-43(35-27-17-13-9-4)45(49)50-42-34-25-24-30-38-46(5)39-31-26-29-37-44(48)47(40-32-22-19-15-11-7-2)41-33-23-20-16-12-8-3/h43H,6-42H2,1-5H3. The van der Waals surface area contributed by atoms with Crippen molar-refractivity contribution in [3.63, 3.8) is 0 Å².